The van der Waals surface area contributed by atoms with Crippen molar-refractivity contribution in [2.75, 3.05) is 6.61 Å². The molecular formula is C20H23NO6S. The zero-order valence-electron chi connectivity index (χ0n) is 16.0. The molecule has 1 N–H and O–H groups in total. The Kier molecular flexibility index (Phi) is 7.17. The van der Waals surface area contributed by atoms with Crippen molar-refractivity contribution in [1.29, 1.82) is 0 Å². The highest BCUT2D eigenvalue weighted by molar-refractivity contribution is 7.87. The summed E-state index contributed by atoms with van der Waals surface area (Å²) in [4.78, 5) is 23.4. The maximum absolute atomic E-state index is 12.3. The van der Waals surface area contributed by atoms with E-state index in [-0.39, 0.29) is 29.6 Å². The van der Waals surface area contributed by atoms with E-state index < -0.39 is 22.1 Å². The van der Waals surface area contributed by atoms with E-state index in [1.54, 1.807) is 31.2 Å². The second-order valence-electron chi connectivity index (χ2n) is 6.20. The molecule has 0 saturated carbocycles. The monoisotopic (exact) mass is 405 g/mol. The first-order chi connectivity index (χ1) is 13.2. The van der Waals surface area contributed by atoms with Gasteiger partial charge in [0.2, 0.25) is 5.91 Å². The van der Waals surface area contributed by atoms with Crippen LogP contribution in [0.25, 0.3) is 0 Å². The molecule has 0 bridgehead atoms. The van der Waals surface area contributed by atoms with Crippen LogP contribution in [-0.2, 0) is 30.9 Å². The van der Waals surface area contributed by atoms with E-state index >= 15 is 0 Å². The third-order valence-electron chi connectivity index (χ3n) is 3.83. The lowest BCUT2D eigenvalue weighted by molar-refractivity contribution is -0.147. The minimum atomic E-state index is -3.93. The number of nitrogens with one attached hydrogen (secondary N) is 1. The summed E-state index contributed by atoms with van der Waals surface area (Å²) in [7, 11) is -3.93. The van der Waals surface area contributed by atoms with E-state index in [1.165, 1.54) is 31.2 Å². The average Bonchev–Trinajstić information content (AvgIpc) is 2.62. The topological polar surface area (TPSA) is 98.8 Å². The number of ether oxygens (including phenoxy) is 1. The van der Waals surface area contributed by atoms with E-state index in [4.69, 9.17) is 8.92 Å². The lowest BCUT2D eigenvalue weighted by atomic mass is 10.1. The van der Waals surface area contributed by atoms with Crippen molar-refractivity contribution in [3.63, 3.8) is 0 Å². The van der Waals surface area contributed by atoms with Gasteiger partial charge in [0.05, 0.1) is 6.61 Å². The molecule has 2 rings (SSSR count). The average molecular weight is 405 g/mol. The summed E-state index contributed by atoms with van der Waals surface area (Å²) in [5.74, 6) is -0.723. The highest BCUT2D eigenvalue weighted by atomic mass is 32.2. The summed E-state index contributed by atoms with van der Waals surface area (Å²) in [6, 6.07) is 11.8. The van der Waals surface area contributed by atoms with Gasteiger partial charge in [0, 0.05) is 13.3 Å². The number of hydrogen-bond acceptors (Lipinski definition) is 6. The number of carbonyl (C=O) groups excluding carboxylic acids is 2. The van der Waals surface area contributed by atoms with Gasteiger partial charge in [-0.2, -0.15) is 8.42 Å². The highest BCUT2D eigenvalue weighted by Gasteiger charge is 2.21. The molecule has 1 amide bonds. The zero-order chi connectivity index (χ0) is 20.7. The minimum Gasteiger partial charge on any atom is -0.464 e. The molecule has 0 aromatic heterocycles. The molecule has 0 radical (unpaired) electrons. The van der Waals surface area contributed by atoms with Crippen molar-refractivity contribution in [2.45, 2.75) is 38.1 Å². The van der Waals surface area contributed by atoms with E-state index in [9.17, 15) is 18.0 Å². The van der Waals surface area contributed by atoms with Crippen LogP contribution in [0.2, 0.25) is 0 Å². The molecule has 0 spiro atoms. The van der Waals surface area contributed by atoms with Gasteiger partial charge in [0.25, 0.3) is 0 Å². The van der Waals surface area contributed by atoms with Crippen molar-refractivity contribution in [3.8, 4) is 5.75 Å². The van der Waals surface area contributed by atoms with E-state index in [0.717, 1.165) is 5.56 Å². The summed E-state index contributed by atoms with van der Waals surface area (Å²) in [5.41, 5.74) is 1.66. The largest absolute Gasteiger partial charge is 0.464 e. The van der Waals surface area contributed by atoms with Crippen LogP contribution < -0.4 is 9.50 Å². The van der Waals surface area contributed by atoms with Crippen LogP contribution in [0.15, 0.2) is 53.4 Å². The molecule has 2 aromatic rings. The molecule has 8 heteroatoms. The molecule has 0 saturated heterocycles. The number of aryl methyl sites for hydroxylation is 1. The van der Waals surface area contributed by atoms with Gasteiger partial charge < -0.3 is 14.2 Å². The number of rotatable bonds is 8. The second-order valence-corrected chi connectivity index (χ2v) is 7.75. The maximum atomic E-state index is 12.3. The molecule has 0 aliphatic heterocycles. The molecule has 2 aromatic carbocycles. The van der Waals surface area contributed by atoms with Crippen molar-refractivity contribution in [2.24, 2.45) is 0 Å². The molecule has 0 aliphatic carbocycles. The fourth-order valence-electron chi connectivity index (χ4n) is 2.48. The fourth-order valence-corrected chi connectivity index (χ4v) is 3.41. The Hall–Kier alpha value is -2.87. The second kappa shape index (κ2) is 9.36. The van der Waals surface area contributed by atoms with Crippen LogP contribution in [0.3, 0.4) is 0 Å². The maximum Gasteiger partial charge on any atom is 0.339 e. The number of benzene rings is 2. The zero-order valence-corrected chi connectivity index (χ0v) is 16.8. The molecule has 0 heterocycles. The first-order valence-corrected chi connectivity index (χ1v) is 10.2. The van der Waals surface area contributed by atoms with Crippen molar-refractivity contribution in [1.82, 2.24) is 5.32 Å². The first-order valence-electron chi connectivity index (χ1n) is 8.75. The van der Waals surface area contributed by atoms with Gasteiger partial charge in [0.1, 0.15) is 16.7 Å². The molecule has 0 unspecified atom stereocenters. The van der Waals surface area contributed by atoms with Crippen LogP contribution in [0, 0.1) is 6.92 Å². The van der Waals surface area contributed by atoms with Crippen LogP contribution >= 0.6 is 0 Å². The van der Waals surface area contributed by atoms with Gasteiger partial charge >= 0.3 is 16.1 Å². The van der Waals surface area contributed by atoms with Gasteiger partial charge in [0.15, 0.2) is 0 Å². The smallest absolute Gasteiger partial charge is 0.339 e. The van der Waals surface area contributed by atoms with Gasteiger partial charge in [-0.3, -0.25) is 4.79 Å². The van der Waals surface area contributed by atoms with E-state index in [0.29, 0.717) is 5.56 Å². The normalized spacial score (nSPS) is 12.1. The van der Waals surface area contributed by atoms with E-state index in [1.807, 2.05) is 6.92 Å². The van der Waals surface area contributed by atoms with Gasteiger partial charge in [-0.15, -0.1) is 0 Å². The molecular weight excluding hydrogens is 382 g/mol. The number of esters is 1. The third-order valence-corrected chi connectivity index (χ3v) is 5.09. The van der Waals surface area contributed by atoms with Crippen LogP contribution in [-0.4, -0.2) is 32.9 Å². The van der Waals surface area contributed by atoms with Crippen molar-refractivity contribution in [3.05, 3.63) is 59.7 Å². The summed E-state index contributed by atoms with van der Waals surface area (Å²) >= 11 is 0. The SMILES string of the molecule is CCOC(=O)[C@H](Cc1ccc(OS(=O)(=O)c2ccc(C)cc2)cc1)NC(C)=O. The van der Waals surface area contributed by atoms with E-state index in [2.05, 4.69) is 5.32 Å². The number of amides is 1. The predicted molar refractivity (Wildman–Crippen MR) is 103 cm³/mol. The van der Waals surface area contributed by atoms with Crippen LogP contribution in [0.1, 0.15) is 25.0 Å². The molecule has 28 heavy (non-hydrogen) atoms. The summed E-state index contributed by atoms with van der Waals surface area (Å²) in [6.45, 7) is 5.07. The standard InChI is InChI=1S/C20H23NO6S/c1-4-26-20(23)19(21-15(3)22)13-16-7-9-17(10-8-16)27-28(24,25)18-11-5-14(2)6-12-18/h5-12,19H,4,13H2,1-3H3,(H,21,22)/t19-/m0/s1. The lowest BCUT2D eigenvalue weighted by Gasteiger charge is -2.16. The van der Waals surface area contributed by atoms with Crippen LogP contribution in [0.5, 0.6) is 5.75 Å². The Morgan fingerprint density at radius 2 is 1.64 bits per heavy atom. The minimum absolute atomic E-state index is 0.0650. The highest BCUT2D eigenvalue weighted by Crippen LogP contribution is 2.20. The Bertz CT molecular complexity index is 920. The Morgan fingerprint density at radius 1 is 1.04 bits per heavy atom. The Labute approximate surface area is 164 Å². The molecule has 0 aliphatic rings. The molecule has 0 fully saturated rings. The molecule has 1 atom stereocenters. The van der Waals surface area contributed by atoms with Gasteiger partial charge in [-0.1, -0.05) is 29.8 Å². The van der Waals surface area contributed by atoms with Crippen molar-refractivity contribution < 1.29 is 26.9 Å². The van der Waals surface area contributed by atoms with Crippen molar-refractivity contribution >= 4 is 22.0 Å². The first kappa shape index (κ1) is 21.4. The fraction of sp³-hybridized carbons (Fsp3) is 0.300. The Balaban J connectivity index is 2.10. The lowest BCUT2D eigenvalue weighted by Crippen LogP contribution is -2.42. The molecule has 7 nitrogen and oxygen atoms in total. The Morgan fingerprint density at radius 3 is 2.18 bits per heavy atom. The summed E-state index contributed by atoms with van der Waals surface area (Å²) in [6.07, 6.45) is 0.212. The van der Waals surface area contributed by atoms with Gasteiger partial charge in [-0.25, -0.2) is 4.79 Å². The van der Waals surface area contributed by atoms with Gasteiger partial charge in [-0.05, 0) is 43.7 Å². The summed E-state index contributed by atoms with van der Waals surface area (Å²) < 4.78 is 34.8. The quantitative estimate of drug-likeness (QED) is 0.535. The van der Waals surface area contributed by atoms with Crippen LogP contribution in [0.4, 0.5) is 0 Å². The number of hydrogen-bond donors (Lipinski definition) is 1. The third kappa shape index (κ3) is 6.09. The number of carbonyl (C=O) groups is 2. The molecule has 150 valence electrons. The predicted octanol–water partition coefficient (Wildman–Crippen LogP) is 2.37. The summed E-state index contributed by atoms with van der Waals surface area (Å²) in [5, 5.41) is 2.55.